The maximum atomic E-state index is 14.3. The number of fused-ring (bicyclic) bond motifs is 1. The minimum absolute atomic E-state index is 0.0145. The molecule has 2 heterocycles. The fraction of sp³-hybridized carbons (Fsp3) is 0.217. The highest BCUT2D eigenvalue weighted by Crippen LogP contribution is 2.29. The van der Waals surface area contributed by atoms with E-state index in [1.165, 1.54) is 7.11 Å². The van der Waals surface area contributed by atoms with Crippen molar-refractivity contribution in [2.24, 2.45) is 0 Å². The molecule has 4 aromatic rings. The maximum Gasteiger partial charge on any atom is 0.307 e. The van der Waals surface area contributed by atoms with Crippen molar-refractivity contribution in [1.82, 2.24) is 19.7 Å². The molecule has 2 N–H and O–H groups in total. The SMILES string of the molecule is CCOC(=O)CCn1ncc2ccc(Nc3ncc(F)c(Nc4ccc(OC)c(Cl)c4)n3)cc21. The summed E-state index contributed by atoms with van der Waals surface area (Å²) in [5, 5.41) is 11.6. The Balaban J connectivity index is 1.52. The molecule has 0 radical (unpaired) electrons. The number of aryl methyl sites for hydroxylation is 1. The number of halogens is 2. The molecule has 0 aliphatic carbocycles. The Labute approximate surface area is 199 Å². The summed E-state index contributed by atoms with van der Waals surface area (Å²) in [6.07, 6.45) is 3.01. The molecule has 0 bridgehead atoms. The van der Waals surface area contributed by atoms with Crippen molar-refractivity contribution in [3.63, 3.8) is 0 Å². The number of benzene rings is 2. The first-order valence-electron chi connectivity index (χ1n) is 10.5. The Morgan fingerprint density at radius 3 is 2.71 bits per heavy atom. The number of carbonyl (C=O) groups excluding carboxylic acids is 1. The molecule has 34 heavy (non-hydrogen) atoms. The quantitative estimate of drug-likeness (QED) is 0.317. The third-order valence-electron chi connectivity index (χ3n) is 4.89. The number of methoxy groups -OCH3 is 1. The van der Waals surface area contributed by atoms with Crippen LogP contribution in [0.25, 0.3) is 10.9 Å². The smallest absolute Gasteiger partial charge is 0.307 e. The van der Waals surface area contributed by atoms with Crippen molar-refractivity contribution in [2.75, 3.05) is 24.4 Å². The average Bonchev–Trinajstić information content (AvgIpc) is 3.22. The van der Waals surface area contributed by atoms with E-state index in [9.17, 15) is 9.18 Å². The van der Waals surface area contributed by atoms with E-state index in [4.69, 9.17) is 21.1 Å². The van der Waals surface area contributed by atoms with Crippen molar-refractivity contribution in [2.45, 2.75) is 19.9 Å². The highest BCUT2D eigenvalue weighted by Gasteiger charge is 2.11. The molecule has 0 saturated heterocycles. The van der Waals surface area contributed by atoms with Gasteiger partial charge in [0.15, 0.2) is 11.6 Å². The van der Waals surface area contributed by atoms with E-state index in [1.54, 1.807) is 36.0 Å². The predicted molar refractivity (Wildman–Crippen MR) is 128 cm³/mol. The van der Waals surface area contributed by atoms with E-state index >= 15 is 0 Å². The number of carbonyl (C=O) groups is 1. The number of aromatic nitrogens is 4. The first-order valence-corrected chi connectivity index (χ1v) is 10.9. The van der Waals surface area contributed by atoms with Gasteiger partial charge >= 0.3 is 5.97 Å². The Bertz CT molecular complexity index is 1330. The van der Waals surface area contributed by atoms with Crippen LogP contribution >= 0.6 is 11.6 Å². The molecule has 0 spiro atoms. The predicted octanol–water partition coefficient (Wildman–Crippen LogP) is 5.07. The zero-order valence-electron chi connectivity index (χ0n) is 18.5. The van der Waals surface area contributed by atoms with Gasteiger partial charge in [-0.25, -0.2) is 9.37 Å². The van der Waals surface area contributed by atoms with Crippen LogP contribution in [0.1, 0.15) is 13.3 Å². The third kappa shape index (κ3) is 5.34. The molecule has 0 saturated carbocycles. The lowest BCUT2D eigenvalue weighted by atomic mass is 10.2. The number of esters is 1. The van der Waals surface area contributed by atoms with Gasteiger partial charge in [0.05, 0.1) is 49.6 Å². The van der Waals surface area contributed by atoms with Crippen molar-refractivity contribution < 1.29 is 18.7 Å². The number of nitrogens with zero attached hydrogens (tertiary/aromatic N) is 4. The van der Waals surface area contributed by atoms with Gasteiger partial charge < -0.3 is 20.1 Å². The molecule has 0 fully saturated rings. The summed E-state index contributed by atoms with van der Waals surface area (Å²) in [6.45, 7) is 2.49. The first kappa shape index (κ1) is 23.2. The summed E-state index contributed by atoms with van der Waals surface area (Å²) < 4.78 is 26.2. The monoisotopic (exact) mass is 484 g/mol. The van der Waals surface area contributed by atoms with Gasteiger partial charge in [0.25, 0.3) is 0 Å². The minimum Gasteiger partial charge on any atom is -0.495 e. The van der Waals surface area contributed by atoms with E-state index in [2.05, 4.69) is 25.7 Å². The molecule has 0 unspecified atom stereocenters. The van der Waals surface area contributed by atoms with Crippen molar-refractivity contribution in [3.8, 4) is 5.75 Å². The average molecular weight is 485 g/mol. The lowest BCUT2D eigenvalue weighted by Crippen LogP contribution is -2.09. The van der Waals surface area contributed by atoms with Gasteiger partial charge in [-0.2, -0.15) is 10.1 Å². The van der Waals surface area contributed by atoms with Gasteiger partial charge in [-0.1, -0.05) is 11.6 Å². The highest BCUT2D eigenvalue weighted by molar-refractivity contribution is 6.32. The van der Waals surface area contributed by atoms with Crippen LogP contribution in [0.3, 0.4) is 0 Å². The van der Waals surface area contributed by atoms with E-state index in [0.717, 1.165) is 17.1 Å². The van der Waals surface area contributed by atoms with Crippen LogP contribution in [0.2, 0.25) is 5.02 Å². The van der Waals surface area contributed by atoms with Crippen LogP contribution in [0, 0.1) is 5.82 Å². The summed E-state index contributed by atoms with van der Waals surface area (Å²) >= 11 is 6.14. The Morgan fingerprint density at radius 1 is 1.15 bits per heavy atom. The van der Waals surface area contributed by atoms with Crippen molar-refractivity contribution in [1.29, 1.82) is 0 Å². The van der Waals surface area contributed by atoms with E-state index < -0.39 is 5.82 Å². The number of ether oxygens (including phenoxy) is 2. The van der Waals surface area contributed by atoms with Gasteiger partial charge in [-0.3, -0.25) is 9.48 Å². The zero-order valence-corrected chi connectivity index (χ0v) is 19.3. The van der Waals surface area contributed by atoms with E-state index in [1.807, 2.05) is 18.2 Å². The molecule has 0 atom stereocenters. The number of nitrogens with one attached hydrogen (secondary N) is 2. The number of rotatable bonds is 9. The van der Waals surface area contributed by atoms with Gasteiger partial charge in [-0.05, 0) is 43.3 Å². The molecule has 0 aliphatic heterocycles. The normalized spacial score (nSPS) is 10.8. The molecule has 0 amide bonds. The summed E-state index contributed by atoms with van der Waals surface area (Å²) in [5.41, 5.74) is 2.04. The van der Waals surface area contributed by atoms with Gasteiger partial charge in [0.1, 0.15) is 5.75 Å². The lowest BCUT2D eigenvalue weighted by molar-refractivity contribution is -0.143. The van der Waals surface area contributed by atoms with Crippen molar-refractivity contribution in [3.05, 3.63) is 59.6 Å². The zero-order chi connectivity index (χ0) is 24.1. The molecule has 11 heteroatoms. The fourth-order valence-corrected chi connectivity index (χ4v) is 3.54. The van der Waals surface area contributed by atoms with Gasteiger partial charge in [-0.15, -0.1) is 0 Å². The van der Waals surface area contributed by atoms with Crippen LogP contribution in [-0.4, -0.2) is 39.4 Å². The van der Waals surface area contributed by atoms with E-state index in [-0.39, 0.29) is 24.2 Å². The third-order valence-corrected chi connectivity index (χ3v) is 5.19. The summed E-state index contributed by atoms with van der Waals surface area (Å²) in [4.78, 5) is 19.9. The minimum atomic E-state index is -0.620. The van der Waals surface area contributed by atoms with Crippen LogP contribution < -0.4 is 15.4 Å². The first-order chi connectivity index (χ1) is 16.5. The molecule has 176 valence electrons. The second-order valence-corrected chi connectivity index (χ2v) is 7.59. The Morgan fingerprint density at radius 2 is 1.94 bits per heavy atom. The topological polar surface area (TPSA) is 103 Å². The molecule has 2 aromatic heterocycles. The standard InChI is InChI=1S/C23H22ClFN6O3/c1-3-34-21(32)8-9-31-19-11-16(5-4-14(19)12-27-31)29-23-26-13-18(25)22(30-23)28-15-6-7-20(33-2)17(24)10-15/h4-7,10-13H,3,8-9H2,1-2H3,(H2,26,28,29,30). The molecular formula is C23H22ClFN6O3. The molecular weight excluding hydrogens is 463 g/mol. The number of hydrogen-bond donors (Lipinski definition) is 2. The molecule has 4 rings (SSSR count). The summed E-state index contributed by atoms with van der Waals surface area (Å²) in [7, 11) is 1.51. The molecule has 9 nitrogen and oxygen atoms in total. The van der Waals surface area contributed by atoms with Crippen molar-refractivity contribution >= 4 is 51.6 Å². The molecule has 0 aliphatic rings. The van der Waals surface area contributed by atoms with Crippen LogP contribution in [0.15, 0.2) is 48.8 Å². The lowest BCUT2D eigenvalue weighted by Gasteiger charge is -2.11. The van der Waals surface area contributed by atoms with Crippen LogP contribution in [0.4, 0.5) is 27.5 Å². The highest BCUT2D eigenvalue weighted by atomic mass is 35.5. The maximum absolute atomic E-state index is 14.3. The largest absolute Gasteiger partial charge is 0.495 e. The second kappa shape index (κ2) is 10.3. The van der Waals surface area contributed by atoms with E-state index in [0.29, 0.717) is 35.3 Å². The summed E-state index contributed by atoms with van der Waals surface area (Å²) in [5.74, 6) is -0.210. The van der Waals surface area contributed by atoms with Gasteiger partial charge in [0.2, 0.25) is 5.95 Å². The summed E-state index contributed by atoms with van der Waals surface area (Å²) in [6, 6.07) is 10.6. The number of anilines is 4. The fourth-order valence-electron chi connectivity index (χ4n) is 3.28. The second-order valence-electron chi connectivity index (χ2n) is 7.19. The van der Waals surface area contributed by atoms with Crippen LogP contribution in [0.5, 0.6) is 5.75 Å². The number of hydrogen-bond acceptors (Lipinski definition) is 8. The Hall–Kier alpha value is -3.92. The van der Waals surface area contributed by atoms with Crippen LogP contribution in [-0.2, 0) is 16.1 Å². The Kier molecular flexibility index (Phi) is 7.07. The van der Waals surface area contributed by atoms with Gasteiger partial charge in [0, 0.05) is 16.8 Å². The molecule has 2 aromatic carbocycles.